The first kappa shape index (κ1) is 16.5. The van der Waals surface area contributed by atoms with E-state index in [1.165, 1.54) is 30.3 Å². The molecular formula is C16H11F6NO. The number of hydrogen-bond acceptors (Lipinski definition) is 2. The van der Waals surface area contributed by atoms with Crippen LogP contribution in [0.1, 0.15) is 22.7 Å². The average molecular weight is 347 g/mol. The molecule has 3 rings (SSSR count). The second-order valence-corrected chi connectivity index (χ2v) is 5.39. The molecule has 1 N–H and O–H groups in total. The average Bonchev–Trinajstić information content (AvgIpc) is 2.88. The van der Waals surface area contributed by atoms with Crippen LogP contribution >= 0.6 is 0 Å². The van der Waals surface area contributed by atoms with Crippen molar-refractivity contribution in [3.63, 3.8) is 0 Å². The van der Waals surface area contributed by atoms with Gasteiger partial charge >= 0.3 is 12.5 Å². The summed E-state index contributed by atoms with van der Waals surface area (Å²) in [5.41, 5.74) is 1.12. The fourth-order valence-corrected chi connectivity index (χ4v) is 2.64. The Hall–Kier alpha value is -2.38. The molecular weight excluding hydrogens is 336 g/mol. The maximum absolute atomic E-state index is 12.6. The molecule has 0 amide bonds. The van der Waals surface area contributed by atoms with Gasteiger partial charge in [0, 0.05) is 5.69 Å². The van der Waals surface area contributed by atoms with Gasteiger partial charge in [0.15, 0.2) is 0 Å². The molecule has 0 radical (unpaired) electrons. The van der Waals surface area contributed by atoms with E-state index in [2.05, 4.69) is 10.1 Å². The van der Waals surface area contributed by atoms with E-state index >= 15 is 0 Å². The van der Waals surface area contributed by atoms with Crippen LogP contribution in [0.5, 0.6) is 5.75 Å². The smallest absolute Gasteiger partial charge is 0.406 e. The largest absolute Gasteiger partial charge is 0.573 e. The number of benzene rings is 2. The van der Waals surface area contributed by atoms with Crippen molar-refractivity contribution >= 4 is 5.69 Å². The Morgan fingerprint density at radius 1 is 0.917 bits per heavy atom. The molecule has 2 aromatic carbocycles. The van der Waals surface area contributed by atoms with Crippen molar-refractivity contribution in [2.24, 2.45) is 0 Å². The van der Waals surface area contributed by atoms with E-state index in [1.807, 2.05) is 0 Å². The van der Waals surface area contributed by atoms with Crippen LogP contribution in [-0.2, 0) is 12.6 Å². The SMILES string of the molecule is FC(F)(F)Oc1ccc2c(c1)CC(c1ccc(C(F)(F)F)cc1)N2. The molecule has 0 saturated heterocycles. The molecule has 0 saturated carbocycles. The minimum absolute atomic E-state index is 0.302. The fraction of sp³-hybridized carbons (Fsp3) is 0.250. The summed E-state index contributed by atoms with van der Waals surface area (Å²) in [5, 5.41) is 3.08. The van der Waals surface area contributed by atoms with Crippen LogP contribution in [0.4, 0.5) is 32.0 Å². The maximum Gasteiger partial charge on any atom is 0.573 e. The molecule has 0 spiro atoms. The third-order valence-electron chi connectivity index (χ3n) is 3.70. The fourth-order valence-electron chi connectivity index (χ4n) is 2.64. The van der Waals surface area contributed by atoms with Crippen LogP contribution < -0.4 is 10.1 Å². The van der Waals surface area contributed by atoms with Crippen molar-refractivity contribution < 1.29 is 31.1 Å². The van der Waals surface area contributed by atoms with Gasteiger partial charge in [-0.15, -0.1) is 13.2 Å². The molecule has 0 bridgehead atoms. The van der Waals surface area contributed by atoms with Crippen LogP contribution in [0.15, 0.2) is 42.5 Å². The molecule has 1 aliphatic rings. The molecule has 1 atom stereocenters. The summed E-state index contributed by atoms with van der Waals surface area (Å²) >= 11 is 0. The summed E-state index contributed by atoms with van der Waals surface area (Å²) in [6.45, 7) is 0. The topological polar surface area (TPSA) is 21.3 Å². The first-order valence-corrected chi connectivity index (χ1v) is 6.94. The predicted molar refractivity (Wildman–Crippen MR) is 74.6 cm³/mol. The lowest BCUT2D eigenvalue weighted by Crippen LogP contribution is -2.17. The van der Waals surface area contributed by atoms with Gasteiger partial charge in [0.05, 0.1) is 11.6 Å². The number of alkyl halides is 6. The number of hydrogen-bond donors (Lipinski definition) is 1. The van der Waals surface area contributed by atoms with Crippen molar-refractivity contribution in [2.75, 3.05) is 5.32 Å². The van der Waals surface area contributed by atoms with E-state index in [0.717, 1.165) is 12.1 Å². The number of ether oxygens (including phenoxy) is 1. The van der Waals surface area contributed by atoms with Crippen LogP contribution in [0.2, 0.25) is 0 Å². The summed E-state index contributed by atoms with van der Waals surface area (Å²) in [7, 11) is 0. The highest BCUT2D eigenvalue weighted by molar-refractivity contribution is 5.60. The van der Waals surface area contributed by atoms with Gasteiger partial charge in [-0.1, -0.05) is 12.1 Å². The summed E-state index contributed by atoms with van der Waals surface area (Å²) < 4.78 is 78.3. The van der Waals surface area contributed by atoms with Gasteiger partial charge in [0.25, 0.3) is 0 Å². The maximum atomic E-state index is 12.6. The molecule has 0 aliphatic carbocycles. The van der Waals surface area contributed by atoms with Gasteiger partial charge in [-0.05, 0) is 47.9 Å². The zero-order valence-corrected chi connectivity index (χ0v) is 12.0. The lowest BCUT2D eigenvalue weighted by molar-refractivity contribution is -0.274. The molecule has 24 heavy (non-hydrogen) atoms. The van der Waals surface area contributed by atoms with Gasteiger partial charge in [0.2, 0.25) is 0 Å². The quantitative estimate of drug-likeness (QED) is 0.743. The monoisotopic (exact) mass is 347 g/mol. The number of nitrogens with one attached hydrogen (secondary N) is 1. The third kappa shape index (κ3) is 3.58. The van der Waals surface area contributed by atoms with Crippen molar-refractivity contribution in [3.05, 3.63) is 59.2 Å². The van der Waals surface area contributed by atoms with Gasteiger partial charge in [-0.25, -0.2) is 0 Å². The molecule has 0 fully saturated rings. The Labute approximate surface area is 133 Å². The highest BCUT2D eigenvalue weighted by atomic mass is 19.4. The minimum atomic E-state index is -4.77. The Morgan fingerprint density at radius 3 is 2.17 bits per heavy atom. The first-order valence-electron chi connectivity index (χ1n) is 6.94. The van der Waals surface area contributed by atoms with Gasteiger partial charge in [-0.2, -0.15) is 13.2 Å². The van der Waals surface area contributed by atoms with Crippen LogP contribution in [-0.4, -0.2) is 6.36 Å². The standard InChI is InChI=1S/C16H11F6NO/c17-15(18,19)11-3-1-9(2-4-11)14-8-10-7-12(24-16(20,21)22)5-6-13(10)23-14/h1-7,14,23H,8H2. The van der Waals surface area contributed by atoms with Gasteiger partial charge in [-0.3, -0.25) is 0 Å². The van der Waals surface area contributed by atoms with Crippen molar-refractivity contribution in [3.8, 4) is 5.75 Å². The van der Waals surface area contributed by atoms with E-state index in [9.17, 15) is 26.3 Å². The Kier molecular flexibility index (Phi) is 3.85. The molecule has 1 aliphatic heterocycles. The van der Waals surface area contributed by atoms with E-state index in [4.69, 9.17) is 0 Å². The van der Waals surface area contributed by atoms with Crippen LogP contribution in [0.3, 0.4) is 0 Å². The molecule has 128 valence electrons. The number of fused-ring (bicyclic) bond motifs is 1. The number of rotatable bonds is 2. The van der Waals surface area contributed by atoms with Crippen molar-refractivity contribution in [2.45, 2.75) is 25.0 Å². The molecule has 2 nitrogen and oxygen atoms in total. The molecule has 1 unspecified atom stereocenters. The second-order valence-electron chi connectivity index (χ2n) is 5.39. The molecule has 1 heterocycles. The Bertz CT molecular complexity index is 736. The highest BCUT2D eigenvalue weighted by Gasteiger charge is 2.33. The van der Waals surface area contributed by atoms with Crippen molar-refractivity contribution in [1.29, 1.82) is 0 Å². The van der Waals surface area contributed by atoms with Crippen LogP contribution in [0, 0.1) is 0 Å². The Morgan fingerprint density at radius 2 is 1.58 bits per heavy atom. The zero-order valence-electron chi connectivity index (χ0n) is 12.0. The zero-order chi connectivity index (χ0) is 17.5. The second kappa shape index (κ2) is 5.61. The van der Waals surface area contributed by atoms with E-state index in [0.29, 0.717) is 23.2 Å². The Balaban J connectivity index is 1.76. The van der Waals surface area contributed by atoms with Gasteiger partial charge < -0.3 is 10.1 Å². The summed E-state index contributed by atoms with van der Waals surface area (Å²) in [5.74, 6) is -0.323. The number of anilines is 1. The third-order valence-corrected chi connectivity index (χ3v) is 3.70. The molecule has 0 aromatic heterocycles. The summed E-state index contributed by atoms with van der Waals surface area (Å²) in [6, 6.07) is 8.31. The minimum Gasteiger partial charge on any atom is -0.406 e. The number of halogens is 6. The first-order chi connectivity index (χ1) is 11.1. The van der Waals surface area contributed by atoms with Gasteiger partial charge in [0.1, 0.15) is 5.75 Å². The van der Waals surface area contributed by atoms with Crippen molar-refractivity contribution in [1.82, 2.24) is 0 Å². The summed E-state index contributed by atoms with van der Waals surface area (Å²) in [4.78, 5) is 0. The lowest BCUT2D eigenvalue weighted by Gasteiger charge is -2.13. The van der Waals surface area contributed by atoms with Crippen LogP contribution in [0.25, 0.3) is 0 Å². The lowest BCUT2D eigenvalue weighted by atomic mass is 10.0. The predicted octanol–water partition coefficient (Wildman–Crippen LogP) is 5.31. The van der Waals surface area contributed by atoms with E-state index in [1.54, 1.807) is 0 Å². The van der Waals surface area contributed by atoms with E-state index in [-0.39, 0.29) is 11.8 Å². The van der Waals surface area contributed by atoms with E-state index < -0.39 is 18.1 Å². The molecule has 8 heteroatoms. The summed E-state index contributed by atoms with van der Waals surface area (Å²) in [6.07, 6.45) is -8.82. The molecule has 2 aromatic rings. The highest BCUT2D eigenvalue weighted by Crippen LogP contribution is 2.38. The normalized spacial score (nSPS) is 17.3.